The fraction of sp³-hybridized carbons (Fsp3) is 0.130. The Bertz CT molecular complexity index is 1140. The minimum Gasteiger partial charge on any atom is -0.348 e. The van der Waals surface area contributed by atoms with E-state index < -0.39 is 0 Å². The summed E-state index contributed by atoms with van der Waals surface area (Å²) >= 11 is 7.90. The Balaban J connectivity index is 1.64. The van der Waals surface area contributed by atoms with Crippen LogP contribution in [0.15, 0.2) is 84.1 Å². The number of hydrogen-bond donors (Lipinski definition) is 1. The van der Waals surface area contributed by atoms with Gasteiger partial charge in [-0.1, -0.05) is 36.7 Å². The molecule has 0 aliphatic heterocycles. The Kier molecular flexibility index (Phi) is 6.26. The molecule has 0 aliphatic carbocycles. The first-order valence-corrected chi connectivity index (χ1v) is 11.0. The number of carbonyl (C=O) groups is 1. The van der Waals surface area contributed by atoms with Crippen molar-refractivity contribution in [2.24, 2.45) is 0 Å². The summed E-state index contributed by atoms with van der Waals surface area (Å²) in [6.45, 7) is 2.49. The lowest BCUT2D eigenvalue weighted by atomic mass is 10.2. The number of carbonyl (C=O) groups excluding carboxylic acids is 1. The third kappa shape index (κ3) is 4.30. The third-order valence-corrected chi connectivity index (χ3v) is 5.83. The molecule has 5 nitrogen and oxygen atoms in total. The van der Waals surface area contributed by atoms with Gasteiger partial charge in [-0.3, -0.25) is 4.79 Å². The second kappa shape index (κ2) is 9.24. The Morgan fingerprint density at radius 2 is 1.87 bits per heavy atom. The normalized spacial score (nSPS) is 10.9. The molecule has 0 spiro atoms. The molecule has 0 aliphatic rings. The molecule has 1 N–H and O–H groups in total. The van der Waals surface area contributed by atoms with Crippen LogP contribution in [0.4, 0.5) is 0 Å². The molecule has 0 fully saturated rings. The van der Waals surface area contributed by atoms with Crippen LogP contribution in [-0.4, -0.2) is 26.0 Å². The average Bonchev–Trinajstić information content (AvgIpc) is 3.44. The van der Waals surface area contributed by atoms with Crippen molar-refractivity contribution >= 4 is 29.3 Å². The van der Waals surface area contributed by atoms with Crippen LogP contribution in [-0.2, 0) is 6.54 Å². The third-order valence-electron chi connectivity index (χ3n) is 4.60. The Morgan fingerprint density at radius 1 is 1.10 bits per heavy atom. The van der Waals surface area contributed by atoms with E-state index in [4.69, 9.17) is 11.6 Å². The highest BCUT2D eigenvalue weighted by Crippen LogP contribution is 2.26. The van der Waals surface area contributed by atoms with E-state index in [1.54, 1.807) is 22.6 Å². The SMILES string of the molecule is CCSc1ccc(Cl)cc1CNC(=O)c1cnn(-c2ccccc2)c1-n1cccc1. The van der Waals surface area contributed by atoms with E-state index in [-0.39, 0.29) is 5.91 Å². The average molecular weight is 437 g/mol. The van der Waals surface area contributed by atoms with Gasteiger partial charge in [0.2, 0.25) is 0 Å². The molecule has 2 heterocycles. The molecule has 0 saturated heterocycles. The van der Waals surface area contributed by atoms with Crippen LogP contribution < -0.4 is 5.32 Å². The maximum atomic E-state index is 13.1. The number of nitrogens with zero attached hydrogens (tertiary/aromatic N) is 3. The first-order valence-electron chi connectivity index (χ1n) is 9.63. The minimum absolute atomic E-state index is 0.187. The summed E-state index contributed by atoms with van der Waals surface area (Å²) in [5, 5.41) is 8.18. The van der Waals surface area contributed by atoms with Crippen molar-refractivity contribution in [1.29, 1.82) is 0 Å². The van der Waals surface area contributed by atoms with E-state index in [0.717, 1.165) is 21.9 Å². The van der Waals surface area contributed by atoms with Gasteiger partial charge in [0.05, 0.1) is 11.9 Å². The van der Waals surface area contributed by atoms with Crippen molar-refractivity contribution < 1.29 is 4.79 Å². The maximum Gasteiger partial charge on any atom is 0.256 e. The number of rotatable bonds is 7. The Morgan fingerprint density at radius 3 is 2.60 bits per heavy atom. The summed E-state index contributed by atoms with van der Waals surface area (Å²) in [5.74, 6) is 1.45. The van der Waals surface area contributed by atoms with Crippen molar-refractivity contribution in [3.05, 3.63) is 95.4 Å². The molecule has 30 heavy (non-hydrogen) atoms. The quantitative estimate of drug-likeness (QED) is 0.397. The Hall–Kier alpha value is -2.96. The zero-order valence-corrected chi connectivity index (χ0v) is 18.0. The fourth-order valence-corrected chi connectivity index (χ4v) is 4.22. The van der Waals surface area contributed by atoms with E-state index in [2.05, 4.69) is 17.3 Å². The highest BCUT2D eigenvalue weighted by molar-refractivity contribution is 7.99. The van der Waals surface area contributed by atoms with Crippen molar-refractivity contribution in [2.75, 3.05) is 5.75 Å². The summed E-state index contributed by atoms with van der Waals surface area (Å²) in [7, 11) is 0. The molecule has 1 amide bonds. The van der Waals surface area contributed by atoms with Gasteiger partial charge in [-0.25, -0.2) is 4.68 Å². The highest BCUT2D eigenvalue weighted by Gasteiger charge is 2.20. The van der Waals surface area contributed by atoms with Crippen LogP contribution in [0.3, 0.4) is 0 Å². The number of amides is 1. The van der Waals surface area contributed by atoms with Crippen LogP contribution in [0.2, 0.25) is 5.02 Å². The molecule has 0 radical (unpaired) electrons. The Labute approximate surface area is 184 Å². The summed E-state index contributed by atoms with van der Waals surface area (Å²) < 4.78 is 3.67. The molecule has 0 bridgehead atoms. The lowest BCUT2D eigenvalue weighted by molar-refractivity contribution is 0.0950. The summed E-state index contributed by atoms with van der Waals surface area (Å²) in [5.41, 5.74) is 2.39. The van der Waals surface area contributed by atoms with E-state index in [1.807, 2.05) is 77.6 Å². The molecule has 7 heteroatoms. The van der Waals surface area contributed by atoms with Crippen molar-refractivity contribution in [1.82, 2.24) is 19.7 Å². The molecule has 2 aromatic heterocycles. The number of hydrogen-bond acceptors (Lipinski definition) is 3. The number of thioether (sulfide) groups is 1. The molecule has 0 atom stereocenters. The summed E-state index contributed by atoms with van der Waals surface area (Å²) in [4.78, 5) is 14.2. The second-order valence-corrected chi connectivity index (χ2v) is 8.33. The minimum atomic E-state index is -0.187. The van der Waals surface area contributed by atoms with E-state index in [9.17, 15) is 4.79 Å². The lowest BCUT2D eigenvalue weighted by Crippen LogP contribution is -2.24. The van der Waals surface area contributed by atoms with Crippen molar-refractivity contribution in [3.8, 4) is 11.5 Å². The van der Waals surface area contributed by atoms with Crippen molar-refractivity contribution in [3.63, 3.8) is 0 Å². The zero-order valence-electron chi connectivity index (χ0n) is 16.5. The molecule has 152 valence electrons. The first-order chi connectivity index (χ1) is 14.7. The smallest absolute Gasteiger partial charge is 0.256 e. The highest BCUT2D eigenvalue weighted by atomic mass is 35.5. The van der Waals surface area contributed by atoms with Gasteiger partial charge in [0, 0.05) is 28.9 Å². The van der Waals surface area contributed by atoms with E-state index in [1.165, 1.54) is 0 Å². The second-order valence-electron chi connectivity index (χ2n) is 6.59. The van der Waals surface area contributed by atoms with Crippen LogP contribution in [0.5, 0.6) is 0 Å². The number of nitrogens with one attached hydrogen (secondary N) is 1. The van der Waals surface area contributed by atoms with Gasteiger partial charge in [0.1, 0.15) is 5.56 Å². The molecule has 4 rings (SSSR count). The molecule has 2 aromatic carbocycles. The number of para-hydroxylation sites is 1. The first kappa shape index (κ1) is 20.3. The topological polar surface area (TPSA) is 51.9 Å². The van der Waals surface area contributed by atoms with Gasteiger partial charge in [-0.05, 0) is 53.8 Å². The van der Waals surface area contributed by atoms with Gasteiger partial charge in [-0.2, -0.15) is 5.10 Å². The number of benzene rings is 2. The number of aromatic nitrogens is 3. The maximum absolute atomic E-state index is 13.1. The zero-order chi connectivity index (χ0) is 20.9. The lowest BCUT2D eigenvalue weighted by Gasteiger charge is -2.12. The van der Waals surface area contributed by atoms with Gasteiger partial charge in [0.25, 0.3) is 5.91 Å². The predicted octanol–water partition coefficient (Wildman–Crippen LogP) is 5.36. The predicted molar refractivity (Wildman–Crippen MR) is 122 cm³/mol. The molecule has 4 aromatic rings. The summed E-state index contributed by atoms with van der Waals surface area (Å²) in [6, 6.07) is 19.4. The molecule has 0 unspecified atom stereocenters. The standard InChI is InChI=1S/C23H21ClN4OS/c1-2-30-21-11-10-18(24)14-17(21)15-25-22(29)20-16-26-28(19-8-4-3-5-9-19)23(20)27-12-6-7-13-27/h3-14,16H,2,15H2,1H3,(H,25,29). The van der Waals surface area contributed by atoms with Crippen LogP contribution in [0.1, 0.15) is 22.8 Å². The van der Waals surface area contributed by atoms with Gasteiger partial charge >= 0.3 is 0 Å². The molecular weight excluding hydrogens is 416 g/mol. The summed E-state index contributed by atoms with van der Waals surface area (Å²) in [6.07, 6.45) is 5.41. The molecular formula is C23H21ClN4OS. The molecule has 0 saturated carbocycles. The van der Waals surface area contributed by atoms with Gasteiger partial charge < -0.3 is 9.88 Å². The largest absolute Gasteiger partial charge is 0.348 e. The monoisotopic (exact) mass is 436 g/mol. The van der Waals surface area contributed by atoms with E-state index >= 15 is 0 Å². The van der Waals surface area contributed by atoms with Crippen LogP contribution in [0, 0.1) is 0 Å². The number of halogens is 1. The van der Waals surface area contributed by atoms with Crippen LogP contribution in [0.25, 0.3) is 11.5 Å². The van der Waals surface area contributed by atoms with E-state index in [0.29, 0.717) is 22.9 Å². The van der Waals surface area contributed by atoms with Crippen molar-refractivity contribution in [2.45, 2.75) is 18.4 Å². The van der Waals surface area contributed by atoms with Gasteiger partial charge in [-0.15, -0.1) is 11.8 Å². The van der Waals surface area contributed by atoms with Gasteiger partial charge in [0.15, 0.2) is 5.82 Å². The fourth-order valence-electron chi connectivity index (χ4n) is 3.24. The van der Waals surface area contributed by atoms with Crippen LogP contribution >= 0.6 is 23.4 Å².